The molecule has 1 amide bonds. The summed E-state index contributed by atoms with van der Waals surface area (Å²) in [7, 11) is -3.81. The van der Waals surface area contributed by atoms with E-state index in [1.54, 1.807) is 19.1 Å². The fourth-order valence-corrected chi connectivity index (χ4v) is 4.06. The third-order valence-electron chi connectivity index (χ3n) is 4.26. The van der Waals surface area contributed by atoms with Gasteiger partial charge in [-0.3, -0.25) is 19.2 Å². The van der Waals surface area contributed by atoms with Crippen LogP contribution in [-0.4, -0.2) is 31.5 Å². The van der Waals surface area contributed by atoms with Crippen LogP contribution >= 0.6 is 11.6 Å². The van der Waals surface area contributed by atoms with Gasteiger partial charge in [-0.15, -0.1) is 0 Å². The van der Waals surface area contributed by atoms with Gasteiger partial charge in [0.1, 0.15) is 6.04 Å². The third-order valence-corrected chi connectivity index (χ3v) is 5.91. The summed E-state index contributed by atoms with van der Waals surface area (Å²) in [6, 6.07) is 7.86. The van der Waals surface area contributed by atoms with Gasteiger partial charge in [0, 0.05) is 11.1 Å². The lowest BCUT2D eigenvalue weighted by Crippen LogP contribution is -2.45. The Morgan fingerprint density at radius 3 is 2.43 bits per heavy atom. The van der Waals surface area contributed by atoms with E-state index in [-0.39, 0.29) is 22.6 Å². The molecule has 1 unspecified atom stereocenters. The van der Waals surface area contributed by atoms with Gasteiger partial charge in [0.05, 0.1) is 28.1 Å². The molecule has 0 saturated heterocycles. The summed E-state index contributed by atoms with van der Waals surface area (Å²) in [5, 5.41) is 14.0. The maximum atomic E-state index is 12.7. The predicted octanol–water partition coefficient (Wildman–Crippen LogP) is 3.66. The van der Waals surface area contributed by atoms with Crippen LogP contribution in [0.5, 0.6) is 0 Å². The van der Waals surface area contributed by atoms with Crippen molar-refractivity contribution >= 4 is 44.6 Å². The van der Waals surface area contributed by atoms with Crippen molar-refractivity contribution in [1.82, 2.24) is 0 Å². The zero-order valence-corrected chi connectivity index (χ0v) is 17.3. The number of anilines is 2. The van der Waals surface area contributed by atoms with Gasteiger partial charge in [-0.25, -0.2) is 8.42 Å². The second-order valence-electron chi connectivity index (χ2n) is 6.36. The molecule has 8 nitrogen and oxygen atoms in total. The molecule has 2 rings (SSSR count). The van der Waals surface area contributed by atoms with E-state index in [4.69, 9.17) is 11.6 Å². The minimum Gasteiger partial charge on any atom is -0.324 e. The standard InChI is InChI=1S/C18H20ClN3O5S/c1-11-8-9-14(10-15(11)19)21(28(4,26)27)13(3)18(23)20-16-6-5-7-17(12(16)2)22(24)25/h5-10,13H,1-4H3,(H,20,23). The van der Waals surface area contributed by atoms with Crippen molar-refractivity contribution < 1.29 is 18.1 Å². The number of nitro benzene ring substituents is 1. The van der Waals surface area contributed by atoms with Crippen LogP contribution in [0.4, 0.5) is 17.1 Å². The molecule has 0 aliphatic carbocycles. The van der Waals surface area contributed by atoms with E-state index in [1.165, 1.54) is 38.1 Å². The van der Waals surface area contributed by atoms with Crippen LogP contribution in [0.3, 0.4) is 0 Å². The average Bonchev–Trinajstić information content (AvgIpc) is 2.58. The normalized spacial score (nSPS) is 12.3. The van der Waals surface area contributed by atoms with Crippen LogP contribution in [0.1, 0.15) is 18.1 Å². The van der Waals surface area contributed by atoms with Gasteiger partial charge >= 0.3 is 0 Å². The second kappa shape index (κ2) is 8.15. The zero-order valence-electron chi connectivity index (χ0n) is 15.8. The number of rotatable bonds is 6. The van der Waals surface area contributed by atoms with Crippen molar-refractivity contribution in [2.45, 2.75) is 26.8 Å². The Morgan fingerprint density at radius 1 is 1.25 bits per heavy atom. The van der Waals surface area contributed by atoms with Gasteiger partial charge in [0.25, 0.3) is 5.69 Å². The van der Waals surface area contributed by atoms with E-state index in [0.717, 1.165) is 16.1 Å². The lowest BCUT2D eigenvalue weighted by molar-refractivity contribution is -0.385. The third kappa shape index (κ3) is 4.60. The van der Waals surface area contributed by atoms with Gasteiger partial charge in [-0.05, 0) is 44.5 Å². The molecule has 10 heteroatoms. The first kappa shape index (κ1) is 21.6. The summed E-state index contributed by atoms with van der Waals surface area (Å²) in [6.45, 7) is 4.71. The number of benzene rings is 2. The fourth-order valence-electron chi connectivity index (χ4n) is 2.72. The summed E-state index contributed by atoms with van der Waals surface area (Å²) in [5.41, 5.74) is 1.38. The first-order valence-electron chi connectivity index (χ1n) is 8.24. The van der Waals surface area contributed by atoms with E-state index in [0.29, 0.717) is 5.02 Å². The molecule has 0 heterocycles. The monoisotopic (exact) mass is 425 g/mol. The van der Waals surface area contributed by atoms with Crippen LogP contribution in [-0.2, 0) is 14.8 Å². The number of nitrogens with one attached hydrogen (secondary N) is 1. The molecular formula is C18H20ClN3O5S. The minimum absolute atomic E-state index is 0.143. The summed E-state index contributed by atoms with van der Waals surface area (Å²) in [5.74, 6) is -0.634. The van der Waals surface area contributed by atoms with Crippen molar-refractivity contribution in [1.29, 1.82) is 0 Å². The van der Waals surface area contributed by atoms with E-state index in [1.807, 2.05) is 0 Å². The van der Waals surface area contributed by atoms with Gasteiger partial charge in [-0.1, -0.05) is 23.7 Å². The SMILES string of the molecule is Cc1ccc(N(C(C)C(=O)Nc2cccc([N+](=O)[O-])c2C)S(C)(=O)=O)cc1Cl. The molecule has 2 aromatic rings. The molecule has 0 bridgehead atoms. The molecule has 28 heavy (non-hydrogen) atoms. The Bertz CT molecular complexity index is 1040. The molecule has 150 valence electrons. The maximum absolute atomic E-state index is 12.7. The number of nitro groups is 1. The number of halogens is 1. The number of nitrogens with zero attached hydrogens (tertiary/aromatic N) is 2. The highest BCUT2D eigenvalue weighted by atomic mass is 35.5. The van der Waals surface area contributed by atoms with Crippen LogP contribution in [0.25, 0.3) is 0 Å². The van der Waals surface area contributed by atoms with Crippen molar-refractivity contribution in [3.63, 3.8) is 0 Å². The van der Waals surface area contributed by atoms with E-state index >= 15 is 0 Å². The molecule has 1 N–H and O–H groups in total. The maximum Gasteiger partial charge on any atom is 0.274 e. The molecule has 0 fully saturated rings. The molecule has 1 atom stereocenters. The predicted molar refractivity (Wildman–Crippen MR) is 109 cm³/mol. The van der Waals surface area contributed by atoms with Crippen LogP contribution in [0, 0.1) is 24.0 Å². The number of carbonyl (C=O) groups is 1. The average molecular weight is 426 g/mol. The Balaban J connectivity index is 2.39. The minimum atomic E-state index is -3.81. The topological polar surface area (TPSA) is 110 Å². The van der Waals surface area contributed by atoms with Crippen molar-refractivity contribution in [2.24, 2.45) is 0 Å². The summed E-state index contributed by atoms with van der Waals surface area (Å²) in [4.78, 5) is 23.3. The molecule has 2 aromatic carbocycles. The van der Waals surface area contributed by atoms with Crippen LogP contribution in [0.15, 0.2) is 36.4 Å². The summed E-state index contributed by atoms with van der Waals surface area (Å²) >= 11 is 6.10. The molecule has 0 radical (unpaired) electrons. The summed E-state index contributed by atoms with van der Waals surface area (Å²) in [6.07, 6.45) is 0.989. The van der Waals surface area contributed by atoms with Gasteiger partial charge < -0.3 is 5.32 Å². The Labute approximate surface area is 168 Å². The van der Waals surface area contributed by atoms with Crippen molar-refractivity contribution in [3.8, 4) is 0 Å². The highest BCUT2D eigenvalue weighted by Gasteiger charge is 2.30. The van der Waals surface area contributed by atoms with Crippen molar-refractivity contribution in [2.75, 3.05) is 15.9 Å². The van der Waals surface area contributed by atoms with Gasteiger partial charge in [0.2, 0.25) is 15.9 Å². The first-order chi connectivity index (χ1) is 12.9. The van der Waals surface area contributed by atoms with Gasteiger partial charge in [0.15, 0.2) is 0 Å². The number of hydrogen-bond donors (Lipinski definition) is 1. The second-order valence-corrected chi connectivity index (χ2v) is 8.63. The zero-order chi connectivity index (χ0) is 21.2. The van der Waals surface area contributed by atoms with E-state index in [2.05, 4.69) is 5.32 Å². The molecular weight excluding hydrogens is 406 g/mol. The largest absolute Gasteiger partial charge is 0.324 e. The Hall–Kier alpha value is -2.65. The Kier molecular flexibility index (Phi) is 6.30. The molecule has 0 aliphatic heterocycles. The van der Waals surface area contributed by atoms with Crippen LogP contribution < -0.4 is 9.62 Å². The first-order valence-corrected chi connectivity index (χ1v) is 10.5. The highest BCUT2D eigenvalue weighted by Crippen LogP contribution is 2.28. The highest BCUT2D eigenvalue weighted by molar-refractivity contribution is 7.92. The van der Waals surface area contributed by atoms with Crippen molar-refractivity contribution in [3.05, 3.63) is 62.7 Å². The molecule has 0 aliphatic rings. The fraction of sp³-hybridized carbons (Fsp3) is 0.278. The molecule has 0 aromatic heterocycles. The number of aryl methyl sites for hydroxylation is 1. The smallest absolute Gasteiger partial charge is 0.274 e. The lowest BCUT2D eigenvalue weighted by atomic mass is 10.1. The van der Waals surface area contributed by atoms with E-state index in [9.17, 15) is 23.3 Å². The number of amides is 1. The number of sulfonamides is 1. The Morgan fingerprint density at radius 2 is 1.89 bits per heavy atom. The lowest BCUT2D eigenvalue weighted by Gasteiger charge is -2.28. The molecule has 0 saturated carbocycles. The number of hydrogen-bond acceptors (Lipinski definition) is 5. The van der Waals surface area contributed by atoms with Crippen LogP contribution in [0.2, 0.25) is 5.02 Å². The summed E-state index contributed by atoms with van der Waals surface area (Å²) < 4.78 is 25.7. The van der Waals surface area contributed by atoms with E-state index < -0.39 is 26.9 Å². The van der Waals surface area contributed by atoms with Gasteiger partial charge in [-0.2, -0.15) is 0 Å². The quantitative estimate of drug-likeness (QED) is 0.561. The molecule has 0 spiro atoms. The number of carbonyl (C=O) groups excluding carboxylic acids is 1.